The summed E-state index contributed by atoms with van der Waals surface area (Å²) in [6.07, 6.45) is 4.06. The number of aromatic nitrogens is 15. The third kappa shape index (κ3) is 69.4. The molecule has 0 spiro atoms. The molecule has 0 bridgehead atoms. The topological polar surface area (TPSA) is 473 Å². The summed E-state index contributed by atoms with van der Waals surface area (Å²) in [6.45, 7) is 41.6. The normalized spacial score (nSPS) is 11.7. The largest absolute Gasteiger partial charge is 2.00 e. The molecule has 51 heteroatoms. The van der Waals surface area contributed by atoms with Crippen molar-refractivity contribution in [1.29, 1.82) is 0 Å². The summed E-state index contributed by atoms with van der Waals surface area (Å²) in [6, 6.07) is -0.981. The quantitative estimate of drug-likeness (QED) is 0.00653. The monoisotopic (exact) mass is 1810 g/mol. The number of nitrogens with one attached hydrogen (secondary N) is 1. The van der Waals surface area contributed by atoms with Crippen molar-refractivity contribution in [2.75, 3.05) is 67.5 Å². The second-order valence-corrected chi connectivity index (χ2v) is 24.3. The number of allylic oxidation sites excluding steroid dienone is 2. The van der Waals surface area contributed by atoms with E-state index in [0.717, 1.165) is 72.3 Å². The average Bonchev–Trinajstić information content (AvgIpc) is 1.55. The Hall–Kier alpha value is -6.53. The van der Waals surface area contributed by atoms with Gasteiger partial charge in [-0.3, -0.25) is 29.0 Å². The van der Waals surface area contributed by atoms with Crippen LogP contribution in [0.3, 0.4) is 0 Å². The van der Waals surface area contributed by atoms with Crippen molar-refractivity contribution >= 4 is 119 Å². The van der Waals surface area contributed by atoms with E-state index < -0.39 is 51.7 Å². The molecule has 5 aromatic rings. The molecule has 7 atom stereocenters. The fourth-order valence-electron chi connectivity index (χ4n) is 7.25. The predicted molar refractivity (Wildman–Crippen MR) is 409 cm³/mol. The Kier molecular flexibility index (Phi) is 98.0. The molecule has 6 rings (SSSR count). The first-order chi connectivity index (χ1) is 50.9. The first kappa shape index (κ1) is 138. The van der Waals surface area contributed by atoms with E-state index in [1.54, 1.807) is 112 Å². The molecule has 0 saturated carbocycles. The van der Waals surface area contributed by atoms with E-state index in [0.29, 0.717) is 37.2 Å². The smallest absolute Gasteiger partial charge is 1.00 e. The van der Waals surface area contributed by atoms with Crippen molar-refractivity contribution in [3.63, 3.8) is 0 Å². The molecule has 0 aliphatic carbocycles. The molecule has 1 amide bonds. The zero-order valence-corrected chi connectivity index (χ0v) is 77.5. The SMILES string of the molecule is CC(=O)O/C=C\C(C)n1nc(C)nc1C.CC1=NC(C)=NC1.CCOC(=O)C(C)Br.CCOC(=O)C(C)n1nc(C)nc1C.CNCl.COC(=O)C[P+](=O)OCC(F)(F)F.CON(C)C(=O)C(C)n1nc(C)nc1C.C[CH-]C.Cc1nc(C)n(C(C)/C=C\OC=O)n1.Cc1nc(C)n(C(C)C=O)n1.FF.O.O=CCF.[Cl-].[Cl-].[Li+].[Li+].[Mg+2].[OH-]. The van der Waals surface area contributed by atoms with Crippen LogP contribution in [0.15, 0.2) is 34.7 Å². The first-order valence-electron chi connectivity index (χ1n) is 32.6. The average molecular weight is 1820 g/mol. The van der Waals surface area contributed by atoms with Crippen LogP contribution in [0.2, 0.25) is 0 Å². The van der Waals surface area contributed by atoms with E-state index in [2.05, 4.69) is 99.9 Å². The number of carbonyl (C=O) groups is 8. The number of carbonyl (C=O) groups excluding carboxylic acids is 8. The number of ether oxygens (including phenoxy) is 5. The van der Waals surface area contributed by atoms with Gasteiger partial charge in [0.2, 0.25) is 0 Å². The van der Waals surface area contributed by atoms with Gasteiger partial charge in [0, 0.05) is 28.8 Å². The summed E-state index contributed by atoms with van der Waals surface area (Å²) in [5, 5.41) is 21.9. The van der Waals surface area contributed by atoms with Gasteiger partial charge in [-0.2, -0.15) is 52.5 Å². The molecule has 0 aromatic carbocycles. The minimum atomic E-state index is -4.54. The van der Waals surface area contributed by atoms with Crippen LogP contribution >= 0.6 is 35.7 Å². The molecule has 7 unspecified atom stereocenters. The molecular formula is C65H111BrCl3F6Li2MgN19O18P+. The number of aryl methyl sites for hydroxylation is 10. The molecule has 1 aliphatic heterocycles. The van der Waals surface area contributed by atoms with E-state index in [4.69, 9.17) is 40.0 Å². The van der Waals surface area contributed by atoms with Crippen LogP contribution in [-0.2, 0) is 76.0 Å². The third-order valence-corrected chi connectivity index (χ3v) is 13.0. The number of hydroxylamine groups is 2. The van der Waals surface area contributed by atoms with Gasteiger partial charge in [0.1, 0.15) is 100.0 Å². The number of nitrogens with zero attached hydrogens (tertiary/aromatic N) is 18. The van der Waals surface area contributed by atoms with E-state index in [9.17, 15) is 55.7 Å². The molecule has 0 radical (unpaired) electrons. The minimum absolute atomic E-state index is 0. The van der Waals surface area contributed by atoms with Gasteiger partial charge in [-0.25, -0.2) is 77.2 Å². The molecular weight excluding hydrogens is 1700 g/mol. The summed E-state index contributed by atoms with van der Waals surface area (Å²) in [5.41, 5.74) is 1.12. The van der Waals surface area contributed by atoms with Gasteiger partial charge in [0.25, 0.3) is 18.5 Å². The second-order valence-electron chi connectivity index (χ2n) is 21.4. The summed E-state index contributed by atoms with van der Waals surface area (Å²) in [7, 11) is 3.06. The number of amidine groups is 1. The maximum absolute atomic E-state index is 11.7. The fourth-order valence-corrected chi connectivity index (χ4v) is 8.10. The van der Waals surface area contributed by atoms with Crippen LogP contribution < -0.4 is 67.4 Å². The molecule has 37 nitrogen and oxygen atoms in total. The second kappa shape index (κ2) is 82.2. The minimum Gasteiger partial charge on any atom is -1.00 e. The first-order valence-corrected chi connectivity index (χ1v) is 35.3. The molecule has 1 aliphatic rings. The van der Waals surface area contributed by atoms with Crippen LogP contribution in [0, 0.1) is 75.7 Å². The zero-order valence-electron chi connectivity index (χ0n) is 71.3. The Labute approximate surface area is 741 Å². The fraction of sp³-hybridized carbons (Fsp3) is 0.615. The number of likely N-dealkylation sites (N-methyl/N-ethyl adjacent to an activating group) is 1. The van der Waals surface area contributed by atoms with E-state index in [-0.39, 0.29) is 150 Å². The number of hydrogen-bond acceptors (Lipinski definition) is 30. The predicted octanol–water partition coefficient (Wildman–Crippen LogP) is -2.26. The van der Waals surface area contributed by atoms with Gasteiger partial charge in [0.05, 0.1) is 58.6 Å². The number of alkyl halides is 5. The van der Waals surface area contributed by atoms with Gasteiger partial charge >= 0.3 is 98.9 Å². The van der Waals surface area contributed by atoms with Crippen LogP contribution in [0.5, 0.6) is 0 Å². The van der Waals surface area contributed by atoms with Crippen LogP contribution in [0.4, 0.5) is 26.7 Å². The number of aliphatic imine (C=N–C) groups is 2. The number of aldehydes is 2. The van der Waals surface area contributed by atoms with Crippen molar-refractivity contribution in [3.05, 3.63) is 89.3 Å². The standard InChI is InChI=1S/C10H15N3O2.C9H16N4O2.C9H13N3O2.C9H15N3O2.C7H11N3O.C5H9BrO2.C5H7F3O4P.C5H8N2.C3H7.C2H3FO.CH4ClN.2ClH.F2.2Li.Mg.2H2O/c1-7(5-6-15-10(4)14)13-9(3)11-8(2)12-13;1-6(9(14)12(4)15-5)13-8(3)10-7(2)11-13;1-7(4-5-14-6-13)12-9(3)10-8(2)11-12;1-5-14-9(13)6(2)12-8(4)10-7(3)11-12;1-5(4-11)10-7(3)8-6(2)9-10;1-3-8-5(7)4(2)6;1-11-4(9)2-13(10)12-3-5(6,7)8;1-4-3-6-5(2)7-4;1-3-2;3-1-2-4;1-3-2;;;1-2;;;;;/h5-7H,1-4H3;6H,1-5H3;4-7H,1-3H3;6H,5H2,1-4H3;4-5H,1-3H3;4H,3H2,1-2H3;2-3H2,1H3;3H2,1-2H3;3H,1-2H3;2H,1H2;3H,1H3;2*1H;;;;;2*1H2/q;;;;;;+1;;-1;;;;;;2*+1;+2;;/p-3/b6-5-;;5-4-;;;;;;;;;;;;;;;;. The van der Waals surface area contributed by atoms with Crippen LogP contribution in [0.25, 0.3) is 0 Å². The van der Waals surface area contributed by atoms with Crippen LogP contribution in [-0.4, -0.2) is 252 Å². The number of halogens is 10. The number of hydrogen-bond donors (Lipinski definition) is 1. The van der Waals surface area contributed by atoms with E-state index in [1.807, 2.05) is 96.4 Å². The summed E-state index contributed by atoms with van der Waals surface area (Å²) >= 11 is 7.81. The van der Waals surface area contributed by atoms with Gasteiger partial charge in [-0.05, 0) is 174 Å². The molecule has 4 N–H and O–H groups in total. The Bertz CT molecular complexity index is 3570. The van der Waals surface area contributed by atoms with Crippen molar-refractivity contribution in [3.8, 4) is 0 Å². The zero-order chi connectivity index (χ0) is 85.9. The molecule has 6 heterocycles. The Balaban J connectivity index is -0.0000000930. The number of rotatable bonds is 22. The van der Waals surface area contributed by atoms with Crippen molar-refractivity contribution in [2.45, 2.75) is 200 Å². The Morgan fingerprint density at radius 1 is 0.664 bits per heavy atom. The maximum atomic E-state index is 11.7. The number of esters is 4. The molecule has 0 saturated heterocycles. The van der Waals surface area contributed by atoms with Gasteiger partial charge in [0.15, 0.2) is 12.9 Å². The molecule has 0 fully saturated rings. The van der Waals surface area contributed by atoms with Crippen molar-refractivity contribution < 1.29 is 176 Å². The van der Waals surface area contributed by atoms with Crippen molar-refractivity contribution in [2.24, 2.45) is 9.98 Å². The molecule has 116 heavy (non-hydrogen) atoms. The molecule has 5 aromatic heterocycles. The van der Waals surface area contributed by atoms with Crippen molar-refractivity contribution in [1.82, 2.24) is 83.7 Å². The Morgan fingerprint density at radius 3 is 1.24 bits per heavy atom. The van der Waals surface area contributed by atoms with E-state index >= 15 is 0 Å². The third-order valence-electron chi connectivity index (χ3n) is 11.7. The Morgan fingerprint density at radius 2 is 1.00 bits per heavy atom. The van der Waals surface area contributed by atoms with Gasteiger partial charge in [-0.15, -0.1) is 4.52 Å². The maximum Gasteiger partial charge on any atom is 2.00 e. The summed E-state index contributed by atoms with van der Waals surface area (Å²) < 4.78 is 106. The van der Waals surface area contributed by atoms with E-state index in [1.165, 1.54) is 31.6 Å². The molecule has 652 valence electrons. The van der Waals surface area contributed by atoms with Crippen LogP contribution in [0.1, 0.15) is 178 Å². The number of methoxy groups -OCH3 is 1. The van der Waals surface area contributed by atoms with Gasteiger partial charge in [-0.1, -0.05) is 15.9 Å². The van der Waals surface area contributed by atoms with Gasteiger partial charge < -0.3 is 75.5 Å². The summed E-state index contributed by atoms with van der Waals surface area (Å²) in [5.74, 6) is 6.48. The summed E-state index contributed by atoms with van der Waals surface area (Å²) in [4.78, 5) is 119. The number of amides is 1.